The van der Waals surface area contributed by atoms with Crippen LogP contribution in [0.5, 0.6) is 0 Å². The highest BCUT2D eigenvalue weighted by Crippen LogP contribution is 2.41. The van der Waals surface area contributed by atoms with Crippen molar-refractivity contribution in [3.8, 4) is 50.2 Å². The topological polar surface area (TPSA) is 4.93 Å². The maximum absolute atomic E-state index is 2.54. The van der Waals surface area contributed by atoms with Crippen LogP contribution in [-0.2, 0) is 6.42 Å². The van der Waals surface area contributed by atoms with E-state index in [-0.39, 0.29) is 0 Å². The first-order valence-electron chi connectivity index (χ1n) is 23.7. The minimum atomic E-state index is 0.338. The molecular weight excluding hydrogens is 807 g/mol. The summed E-state index contributed by atoms with van der Waals surface area (Å²) in [6.45, 7) is 11.2. The smallest absolute Gasteiger partial charge is 0.0544 e. The lowest BCUT2D eigenvalue weighted by Crippen LogP contribution is -2.10. The van der Waals surface area contributed by atoms with Gasteiger partial charge < -0.3 is 4.57 Å². The second kappa shape index (κ2) is 19.0. The monoisotopic (exact) mass is 863 g/mol. The first-order chi connectivity index (χ1) is 32.8. The minimum Gasteiger partial charge on any atom is -0.309 e. The van der Waals surface area contributed by atoms with Gasteiger partial charge in [-0.05, 0) is 154 Å². The van der Waals surface area contributed by atoms with Gasteiger partial charge in [0.25, 0.3) is 0 Å². The molecule has 10 aromatic rings. The molecule has 0 saturated heterocycles. The van der Waals surface area contributed by atoms with E-state index in [0.717, 1.165) is 6.42 Å². The molecule has 0 amide bonds. The highest BCUT2D eigenvalue weighted by Gasteiger charge is 2.22. The van der Waals surface area contributed by atoms with Crippen molar-refractivity contribution in [2.24, 2.45) is 5.92 Å². The number of hydrogen-bond donors (Lipinski definition) is 0. The molecule has 0 fully saturated rings. The van der Waals surface area contributed by atoms with Gasteiger partial charge in [0.2, 0.25) is 0 Å². The number of benzene rings is 9. The van der Waals surface area contributed by atoms with Crippen molar-refractivity contribution in [1.82, 2.24) is 4.57 Å². The summed E-state index contributed by atoms with van der Waals surface area (Å²) in [7, 11) is 0. The molecule has 67 heavy (non-hydrogen) atoms. The van der Waals surface area contributed by atoms with E-state index in [1.165, 1.54) is 111 Å². The Balaban J connectivity index is 0.000000689. The molecule has 1 heteroatoms. The zero-order valence-electron chi connectivity index (χ0n) is 39.2. The molecule has 0 spiro atoms. The number of aromatic nitrogens is 1. The average molecular weight is 864 g/mol. The molecule has 9 aromatic carbocycles. The lowest BCUT2D eigenvalue weighted by molar-refractivity contribution is 0.632. The fourth-order valence-corrected chi connectivity index (χ4v) is 10.1. The molecule has 1 heterocycles. The molecule has 2 unspecified atom stereocenters. The van der Waals surface area contributed by atoms with E-state index in [1.54, 1.807) is 0 Å². The molecule has 0 N–H and O–H groups in total. The van der Waals surface area contributed by atoms with Crippen LogP contribution in [0.25, 0.3) is 72.0 Å². The predicted octanol–water partition coefficient (Wildman–Crippen LogP) is 17.8. The van der Waals surface area contributed by atoms with E-state index in [4.69, 9.17) is 0 Å². The van der Waals surface area contributed by atoms with Crippen molar-refractivity contribution in [2.75, 3.05) is 0 Å². The van der Waals surface area contributed by atoms with Crippen LogP contribution >= 0.6 is 0 Å². The van der Waals surface area contributed by atoms with Crippen molar-refractivity contribution in [1.29, 1.82) is 0 Å². The Morgan fingerprint density at radius 2 is 1.03 bits per heavy atom. The van der Waals surface area contributed by atoms with Gasteiger partial charge in [0.1, 0.15) is 0 Å². The largest absolute Gasteiger partial charge is 0.309 e. The van der Waals surface area contributed by atoms with E-state index < -0.39 is 0 Å². The Morgan fingerprint density at radius 3 is 1.70 bits per heavy atom. The van der Waals surface area contributed by atoms with Crippen molar-refractivity contribution in [3.63, 3.8) is 0 Å². The Morgan fingerprint density at radius 1 is 0.403 bits per heavy atom. The zero-order chi connectivity index (χ0) is 45.9. The standard InChI is InChI=1S/C59H49N.C7H8/c1-39-16-11-13-22-51(39)53-24-15-25-57(42(53)4)60-58-31-29-48(47-28-26-41(3)55(37-47)52-23-14-12-17-40(52)2)38-56(58)54-30-27-43(35-59(54)60)32-44-33-49(45-18-7-5-8-19-45)36-50(34-44)46-20-9-6-10-21-46;1-7-5-3-2-4-6-7/h5-31,33-39,51H,32H2,1-4H3;2-6H,1H3. The Bertz CT molecular complexity index is 3360. The summed E-state index contributed by atoms with van der Waals surface area (Å²) in [6, 6.07) is 75.7. The summed E-state index contributed by atoms with van der Waals surface area (Å²) in [6.07, 6.45) is 9.91. The van der Waals surface area contributed by atoms with Crippen LogP contribution in [0.2, 0.25) is 0 Å². The van der Waals surface area contributed by atoms with Gasteiger partial charge in [-0.15, -0.1) is 0 Å². The van der Waals surface area contributed by atoms with Crippen LogP contribution in [0.3, 0.4) is 0 Å². The molecule has 0 radical (unpaired) electrons. The van der Waals surface area contributed by atoms with Gasteiger partial charge in [-0.2, -0.15) is 0 Å². The molecule has 0 saturated carbocycles. The maximum Gasteiger partial charge on any atom is 0.0544 e. The second-order valence-electron chi connectivity index (χ2n) is 18.4. The van der Waals surface area contributed by atoms with Gasteiger partial charge in [-0.25, -0.2) is 0 Å². The average Bonchev–Trinajstić information content (AvgIpc) is 3.68. The van der Waals surface area contributed by atoms with Crippen molar-refractivity contribution in [3.05, 3.63) is 270 Å². The van der Waals surface area contributed by atoms with E-state index in [0.29, 0.717) is 11.8 Å². The first-order valence-corrected chi connectivity index (χ1v) is 23.7. The van der Waals surface area contributed by atoms with Gasteiger partial charge in [0.15, 0.2) is 0 Å². The number of aryl methyl sites for hydroxylation is 3. The van der Waals surface area contributed by atoms with Gasteiger partial charge in [0.05, 0.1) is 11.0 Å². The fourth-order valence-electron chi connectivity index (χ4n) is 10.1. The lowest BCUT2D eigenvalue weighted by atomic mass is 9.82. The second-order valence-corrected chi connectivity index (χ2v) is 18.4. The summed E-state index contributed by atoms with van der Waals surface area (Å²) < 4.78 is 2.54. The Kier molecular flexibility index (Phi) is 12.2. The van der Waals surface area contributed by atoms with Crippen LogP contribution in [0.15, 0.2) is 231 Å². The molecule has 2 atom stereocenters. The van der Waals surface area contributed by atoms with Crippen molar-refractivity contribution in [2.45, 2.75) is 47.0 Å². The summed E-state index contributed by atoms with van der Waals surface area (Å²) >= 11 is 0. The molecule has 11 rings (SSSR count). The Labute approximate surface area is 397 Å². The molecule has 1 aliphatic rings. The highest BCUT2D eigenvalue weighted by molar-refractivity contribution is 6.11. The lowest BCUT2D eigenvalue weighted by Gasteiger charge is -2.24. The first kappa shape index (κ1) is 43.2. The molecule has 0 aliphatic heterocycles. The third-order valence-electron chi connectivity index (χ3n) is 13.8. The molecule has 0 bridgehead atoms. The molecule has 1 nitrogen and oxygen atoms in total. The van der Waals surface area contributed by atoms with Gasteiger partial charge in [0, 0.05) is 22.4 Å². The number of fused-ring (bicyclic) bond motifs is 3. The van der Waals surface area contributed by atoms with Crippen molar-refractivity contribution >= 4 is 21.8 Å². The summed E-state index contributed by atoms with van der Waals surface area (Å²) in [5, 5.41) is 2.53. The molecule has 1 aliphatic carbocycles. The number of hydrogen-bond acceptors (Lipinski definition) is 0. The third kappa shape index (κ3) is 8.99. The third-order valence-corrected chi connectivity index (χ3v) is 13.8. The van der Waals surface area contributed by atoms with Gasteiger partial charge in [-0.1, -0.05) is 207 Å². The van der Waals surface area contributed by atoms with E-state index >= 15 is 0 Å². The van der Waals surface area contributed by atoms with E-state index in [9.17, 15) is 0 Å². The molecule has 326 valence electrons. The maximum atomic E-state index is 2.54. The normalized spacial score (nSPS) is 14.3. The van der Waals surface area contributed by atoms with Crippen LogP contribution < -0.4 is 0 Å². The van der Waals surface area contributed by atoms with E-state index in [1.807, 2.05) is 18.2 Å². The van der Waals surface area contributed by atoms with Gasteiger partial charge in [-0.3, -0.25) is 0 Å². The van der Waals surface area contributed by atoms with Crippen molar-refractivity contribution < 1.29 is 0 Å². The predicted molar refractivity (Wildman–Crippen MR) is 287 cm³/mol. The Hall–Kier alpha value is -7.74. The van der Waals surface area contributed by atoms with Crippen LogP contribution in [0, 0.1) is 33.6 Å². The SMILES string of the molecule is Cc1ccccc1.Cc1ccccc1-c1cc(-c2ccc3c(c2)c2ccc(Cc4cc(-c5ccccc5)cc(-c5ccccc5)c4)cc2n3-c2cccc(C3C=CC=CC3C)c2C)ccc1C. The highest BCUT2D eigenvalue weighted by atomic mass is 15.0. The summed E-state index contributed by atoms with van der Waals surface area (Å²) in [5.74, 6) is 0.771. The minimum absolute atomic E-state index is 0.338. The van der Waals surface area contributed by atoms with E-state index in [2.05, 4.69) is 252 Å². The van der Waals surface area contributed by atoms with Crippen LogP contribution in [-0.4, -0.2) is 4.57 Å². The van der Waals surface area contributed by atoms with Crippen LogP contribution in [0.1, 0.15) is 51.8 Å². The van der Waals surface area contributed by atoms with Gasteiger partial charge >= 0.3 is 0 Å². The number of allylic oxidation sites excluding steroid dienone is 4. The van der Waals surface area contributed by atoms with Crippen LogP contribution in [0.4, 0.5) is 0 Å². The summed E-state index contributed by atoms with van der Waals surface area (Å²) in [4.78, 5) is 0. The molecule has 1 aromatic heterocycles. The quantitative estimate of drug-likeness (QED) is 0.143. The summed E-state index contributed by atoms with van der Waals surface area (Å²) in [5.41, 5.74) is 22.9. The zero-order valence-corrected chi connectivity index (χ0v) is 39.2. The fraction of sp³-hybridized carbons (Fsp3) is 0.121. The number of rotatable bonds is 8. The molecular formula is C66H57N. The number of nitrogens with zero attached hydrogens (tertiary/aromatic N) is 1.